The van der Waals surface area contributed by atoms with Crippen LogP contribution < -0.4 is 20.1 Å². The smallest absolute Gasteiger partial charge is 0.237 e. The van der Waals surface area contributed by atoms with E-state index in [1.54, 1.807) is 0 Å². The Hall–Kier alpha value is -2.32. The lowest BCUT2D eigenvalue weighted by atomic mass is 10.1. The van der Waals surface area contributed by atoms with Crippen LogP contribution in [0.2, 0.25) is 0 Å². The number of hydrogen-bond acceptors (Lipinski definition) is 6. The lowest BCUT2D eigenvalue weighted by molar-refractivity contribution is -0.136. The molecular weight excluding hydrogens is 336 g/mol. The third-order valence-electron chi connectivity index (χ3n) is 5.08. The maximum atomic E-state index is 12.5. The number of nitrogens with one attached hydrogen (secondary N) is 2. The van der Waals surface area contributed by atoms with Gasteiger partial charge in [-0.15, -0.1) is 0 Å². The third kappa shape index (κ3) is 3.76. The summed E-state index contributed by atoms with van der Waals surface area (Å²) >= 11 is 0. The molecule has 1 aromatic rings. The zero-order chi connectivity index (χ0) is 17.9. The SMILES string of the molecule is O=C1NCCNC1CC(=O)N1CCN(Cc2ccc3c(c2)OCO3)CC1. The van der Waals surface area contributed by atoms with Crippen LogP contribution in [0.3, 0.4) is 0 Å². The Morgan fingerprint density at radius 1 is 1.12 bits per heavy atom. The van der Waals surface area contributed by atoms with Gasteiger partial charge in [-0.3, -0.25) is 14.5 Å². The van der Waals surface area contributed by atoms with E-state index >= 15 is 0 Å². The molecule has 1 aromatic carbocycles. The van der Waals surface area contributed by atoms with E-state index in [0.29, 0.717) is 26.2 Å². The Kier molecular flexibility index (Phi) is 4.94. The van der Waals surface area contributed by atoms with Gasteiger partial charge in [0.1, 0.15) is 0 Å². The minimum atomic E-state index is -0.400. The largest absolute Gasteiger partial charge is 0.454 e. The van der Waals surface area contributed by atoms with E-state index in [-0.39, 0.29) is 25.0 Å². The topological polar surface area (TPSA) is 83.1 Å². The third-order valence-corrected chi connectivity index (χ3v) is 5.08. The van der Waals surface area contributed by atoms with Crippen LogP contribution in [0.1, 0.15) is 12.0 Å². The van der Waals surface area contributed by atoms with Crippen LogP contribution in [0.15, 0.2) is 18.2 Å². The first-order valence-electron chi connectivity index (χ1n) is 9.09. The summed E-state index contributed by atoms with van der Waals surface area (Å²) in [5, 5.41) is 5.90. The lowest BCUT2D eigenvalue weighted by Gasteiger charge is -2.35. The van der Waals surface area contributed by atoms with Crippen LogP contribution in [0.25, 0.3) is 0 Å². The number of fused-ring (bicyclic) bond motifs is 1. The summed E-state index contributed by atoms with van der Waals surface area (Å²) in [6, 6.07) is 5.62. The molecule has 3 heterocycles. The summed E-state index contributed by atoms with van der Waals surface area (Å²) in [6.45, 7) is 5.48. The van der Waals surface area contributed by atoms with Crippen molar-refractivity contribution < 1.29 is 19.1 Å². The molecular formula is C18H24N4O4. The number of rotatable bonds is 4. The van der Waals surface area contributed by atoms with E-state index in [2.05, 4.69) is 21.6 Å². The normalized spacial score (nSPS) is 23.0. The van der Waals surface area contributed by atoms with Crippen LogP contribution in [-0.4, -0.2) is 73.7 Å². The average Bonchev–Trinajstić information content (AvgIpc) is 3.12. The van der Waals surface area contributed by atoms with Gasteiger partial charge in [0, 0.05) is 45.8 Å². The molecule has 0 aliphatic carbocycles. The van der Waals surface area contributed by atoms with Gasteiger partial charge in [0.2, 0.25) is 18.6 Å². The van der Waals surface area contributed by atoms with Gasteiger partial charge in [0.05, 0.1) is 12.5 Å². The summed E-state index contributed by atoms with van der Waals surface area (Å²) in [7, 11) is 0. The number of benzene rings is 1. The summed E-state index contributed by atoms with van der Waals surface area (Å²) in [5.74, 6) is 1.56. The molecule has 0 bridgehead atoms. The minimum absolute atomic E-state index is 0.0438. The number of piperazine rings is 2. The van der Waals surface area contributed by atoms with E-state index in [4.69, 9.17) is 9.47 Å². The van der Waals surface area contributed by atoms with Gasteiger partial charge in [-0.2, -0.15) is 0 Å². The molecule has 0 aromatic heterocycles. The fourth-order valence-corrected chi connectivity index (χ4v) is 3.57. The van der Waals surface area contributed by atoms with Crippen molar-refractivity contribution in [2.75, 3.05) is 46.1 Å². The maximum Gasteiger partial charge on any atom is 0.237 e. The zero-order valence-corrected chi connectivity index (χ0v) is 14.7. The Morgan fingerprint density at radius 3 is 2.73 bits per heavy atom. The molecule has 2 N–H and O–H groups in total. The second-order valence-electron chi connectivity index (χ2n) is 6.85. The number of hydrogen-bond donors (Lipinski definition) is 2. The van der Waals surface area contributed by atoms with E-state index in [1.807, 2.05) is 17.0 Å². The average molecular weight is 360 g/mol. The first kappa shape index (κ1) is 17.1. The lowest BCUT2D eigenvalue weighted by Crippen LogP contribution is -2.55. The molecule has 3 aliphatic rings. The Labute approximate surface area is 152 Å². The molecule has 0 spiro atoms. The van der Waals surface area contributed by atoms with Crippen molar-refractivity contribution in [2.45, 2.75) is 19.0 Å². The Bertz CT molecular complexity index is 688. The number of ether oxygens (including phenoxy) is 2. The fourth-order valence-electron chi connectivity index (χ4n) is 3.57. The number of carbonyl (C=O) groups excluding carboxylic acids is 2. The van der Waals surface area contributed by atoms with Crippen LogP contribution in [-0.2, 0) is 16.1 Å². The highest BCUT2D eigenvalue weighted by molar-refractivity contribution is 5.88. The Morgan fingerprint density at radius 2 is 1.92 bits per heavy atom. The van der Waals surface area contributed by atoms with Crippen LogP contribution >= 0.6 is 0 Å². The van der Waals surface area contributed by atoms with Gasteiger partial charge in [0.15, 0.2) is 11.5 Å². The van der Waals surface area contributed by atoms with Crippen molar-refractivity contribution in [2.24, 2.45) is 0 Å². The quantitative estimate of drug-likeness (QED) is 0.756. The highest BCUT2D eigenvalue weighted by atomic mass is 16.7. The van der Waals surface area contributed by atoms with Crippen LogP contribution in [0.5, 0.6) is 11.5 Å². The van der Waals surface area contributed by atoms with Crippen molar-refractivity contribution in [3.63, 3.8) is 0 Å². The predicted octanol–water partition coefficient (Wildman–Crippen LogP) is -0.462. The molecule has 1 unspecified atom stereocenters. The van der Waals surface area contributed by atoms with Crippen LogP contribution in [0, 0.1) is 0 Å². The fraction of sp³-hybridized carbons (Fsp3) is 0.556. The van der Waals surface area contributed by atoms with E-state index in [0.717, 1.165) is 31.1 Å². The van der Waals surface area contributed by atoms with Crippen molar-refractivity contribution in [3.05, 3.63) is 23.8 Å². The molecule has 2 fully saturated rings. The Balaban J connectivity index is 1.26. The van der Waals surface area contributed by atoms with Crippen molar-refractivity contribution in [3.8, 4) is 11.5 Å². The van der Waals surface area contributed by atoms with Gasteiger partial charge in [0.25, 0.3) is 0 Å². The second kappa shape index (κ2) is 7.51. The van der Waals surface area contributed by atoms with Crippen LogP contribution in [0.4, 0.5) is 0 Å². The van der Waals surface area contributed by atoms with Gasteiger partial charge in [-0.05, 0) is 17.7 Å². The molecule has 8 heteroatoms. The number of carbonyl (C=O) groups is 2. The van der Waals surface area contributed by atoms with E-state index in [9.17, 15) is 9.59 Å². The molecule has 3 aliphatic heterocycles. The molecule has 1 atom stereocenters. The summed E-state index contributed by atoms with van der Waals surface area (Å²) in [5.41, 5.74) is 1.18. The van der Waals surface area contributed by atoms with Crippen molar-refractivity contribution in [1.29, 1.82) is 0 Å². The van der Waals surface area contributed by atoms with Gasteiger partial charge in [-0.25, -0.2) is 0 Å². The number of amides is 2. The maximum absolute atomic E-state index is 12.5. The number of nitrogens with zero attached hydrogens (tertiary/aromatic N) is 2. The molecule has 2 saturated heterocycles. The van der Waals surface area contributed by atoms with Crippen molar-refractivity contribution in [1.82, 2.24) is 20.4 Å². The molecule has 4 rings (SSSR count). The molecule has 0 saturated carbocycles. The van der Waals surface area contributed by atoms with Gasteiger partial charge < -0.3 is 25.0 Å². The highest BCUT2D eigenvalue weighted by Gasteiger charge is 2.28. The first-order valence-corrected chi connectivity index (χ1v) is 9.09. The molecule has 8 nitrogen and oxygen atoms in total. The summed E-state index contributed by atoms with van der Waals surface area (Å²) in [6.07, 6.45) is 0.230. The molecule has 2 amide bonds. The van der Waals surface area contributed by atoms with Gasteiger partial charge >= 0.3 is 0 Å². The van der Waals surface area contributed by atoms with Crippen molar-refractivity contribution >= 4 is 11.8 Å². The first-order chi connectivity index (χ1) is 12.7. The van der Waals surface area contributed by atoms with E-state index in [1.165, 1.54) is 5.56 Å². The predicted molar refractivity (Wildman–Crippen MR) is 93.8 cm³/mol. The molecule has 26 heavy (non-hydrogen) atoms. The van der Waals surface area contributed by atoms with E-state index < -0.39 is 6.04 Å². The highest BCUT2D eigenvalue weighted by Crippen LogP contribution is 2.32. The summed E-state index contributed by atoms with van der Waals surface area (Å²) in [4.78, 5) is 28.4. The van der Waals surface area contributed by atoms with Gasteiger partial charge in [-0.1, -0.05) is 6.07 Å². The zero-order valence-electron chi connectivity index (χ0n) is 14.7. The molecule has 140 valence electrons. The monoisotopic (exact) mass is 360 g/mol. The summed E-state index contributed by atoms with van der Waals surface area (Å²) < 4.78 is 10.8. The minimum Gasteiger partial charge on any atom is -0.454 e. The standard InChI is InChI=1S/C18H24N4O4/c23-17(10-14-18(24)20-4-3-19-14)22-7-5-21(6-8-22)11-13-1-2-15-16(9-13)26-12-25-15/h1-2,9,14,19H,3-8,10-12H2,(H,20,24). The molecule has 0 radical (unpaired) electrons. The second-order valence-corrected chi connectivity index (χ2v) is 6.85.